The number of ether oxygens (including phenoxy) is 1. The van der Waals surface area contributed by atoms with Crippen LogP contribution in [0.5, 0.6) is 0 Å². The monoisotopic (exact) mass is 220 g/mol. The number of morpholine rings is 1. The Morgan fingerprint density at radius 1 is 1.12 bits per heavy atom. The lowest BCUT2D eigenvalue weighted by molar-refractivity contribution is 0.0365. The Balaban J connectivity index is 1.64. The molecule has 0 spiro atoms. The van der Waals surface area contributed by atoms with Gasteiger partial charge in [0.15, 0.2) is 5.58 Å². The van der Waals surface area contributed by atoms with Crippen molar-refractivity contribution >= 4 is 11.1 Å². The molecule has 0 atom stereocenters. The second kappa shape index (κ2) is 4.31. The van der Waals surface area contributed by atoms with E-state index in [0.717, 1.165) is 45.0 Å². The third kappa shape index (κ3) is 1.86. The van der Waals surface area contributed by atoms with E-state index in [-0.39, 0.29) is 0 Å². The van der Waals surface area contributed by atoms with Gasteiger partial charge in [-0.05, 0) is 6.07 Å². The molecular weight excluding hydrogens is 204 g/mol. The van der Waals surface area contributed by atoms with E-state index in [9.17, 15) is 0 Å². The quantitative estimate of drug-likeness (QED) is 0.786. The zero-order valence-corrected chi connectivity index (χ0v) is 9.26. The molecule has 0 saturated carbocycles. The Bertz CT molecular complexity index is 454. The van der Waals surface area contributed by atoms with Crippen molar-refractivity contribution in [1.82, 2.24) is 9.47 Å². The van der Waals surface area contributed by atoms with Crippen LogP contribution >= 0.6 is 0 Å². The first-order valence-corrected chi connectivity index (χ1v) is 5.76. The molecular formula is C12H16N2O2. The van der Waals surface area contributed by atoms with Gasteiger partial charge in [0.1, 0.15) is 0 Å². The minimum absolute atomic E-state index is 0.868. The summed E-state index contributed by atoms with van der Waals surface area (Å²) in [6.07, 6.45) is 3.84. The molecule has 3 heterocycles. The van der Waals surface area contributed by atoms with Gasteiger partial charge in [-0.25, -0.2) is 0 Å². The Morgan fingerprint density at radius 2 is 2.00 bits per heavy atom. The zero-order chi connectivity index (χ0) is 10.8. The molecule has 0 N–H and O–H groups in total. The van der Waals surface area contributed by atoms with Gasteiger partial charge in [-0.1, -0.05) is 0 Å². The van der Waals surface area contributed by atoms with Crippen LogP contribution in [0.3, 0.4) is 0 Å². The molecule has 1 aliphatic heterocycles. The molecule has 0 radical (unpaired) electrons. The summed E-state index contributed by atoms with van der Waals surface area (Å²) < 4.78 is 12.9. The molecule has 1 aliphatic rings. The molecule has 2 aromatic rings. The second-order valence-corrected chi connectivity index (χ2v) is 4.13. The number of rotatable bonds is 3. The zero-order valence-electron chi connectivity index (χ0n) is 9.26. The van der Waals surface area contributed by atoms with Crippen LogP contribution in [0, 0.1) is 0 Å². The molecule has 0 aliphatic carbocycles. The van der Waals surface area contributed by atoms with Crippen LogP contribution in [-0.2, 0) is 11.3 Å². The number of furan rings is 1. The fourth-order valence-electron chi connectivity index (χ4n) is 2.18. The minimum Gasteiger partial charge on any atom is -0.463 e. The summed E-state index contributed by atoms with van der Waals surface area (Å²) in [6.45, 7) is 5.94. The van der Waals surface area contributed by atoms with E-state index in [1.807, 2.05) is 12.1 Å². The van der Waals surface area contributed by atoms with Gasteiger partial charge in [0.2, 0.25) is 0 Å². The molecule has 0 aromatic carbocycles. The summed E-state index contributed by atoms with van der Waals surface area (Å²) in [4.78, 5) is 2.44. The lowest BCUT2D eigenvalue weighted by Crippen LogP contribution is -2.38. The third-order valence-corrected chi connectivity index (χ3v) is 3.15. The minimum atomic E-state index is 0.868. The molecule has 1 saturated heterocycles. The maximum atomic E-state index is 5.34. The molecule has 16 heavy (non-hydrogen) atoms. The SMILES string of the molecule is c1cc2c(ccn2CCN2CCOCC2)o1. The topological polar surface area (TPSA) is 30.5 Å². The summed E-state index contributed by atoms with van der Waals surface area (Å²) in [7, 11) is 0. The number of aromatic nitrogens is 1. The molecule has 4 heteroatoms. The predicted octanol–water partition coefficient (Wildman–Crippen LogP) is 1.57. The van der Waals surface area contributed by atoms with Crippen molar-refractivity contribution < 1.29 is 9.15 Å². The molecule has 3 rings (SSSR count). The van der Waals surface area contributed by atoms with Gasteiger partial charge in [-0.3, -0.25) is 4.90 Å². The first-order chi connectivity index (χ1) is 7.93. The molecule has 0 amide bonds. The number of hydrogen-bond donors (Lipinski definition) is 0. The van der Waals surface area contributed by atoms with E-state index < -0.39 is 0 Å². The third-order valence-electron chi connectivity index (χ3n) is 3.15. The van der Waals surface area contributed by atoms with Crippen LogP contribution in [0.15, 0.2) is 29.0 Å². The van der Waals surface area contributed by atoms with Gasteiger partial charge >= 0.3 is 0 Å². The van der Waals surface area contributed by atoms with Crippen LogP contribution < -0.4 is 0 Å². The first-order valence-electron chi connectivity index (χ1n) is 5.76. The molecule has 2 aromatic heterocycles. The summed E-state index contributed by atoms with van der Waals surface area (Å²) >= 11 is 0. The van der Waals surface area contributed by atoms with E-state index in [4.69, 9.17) is 9.15 Å². The maximum Gasteiger partial charge on any atom is 0.151 e. The van der Waals surface area contributed by atoms with Gasteiger partial charge in [0, 0.05) is 38.4 Å². The Kier molecular flexibility index (Phi) is 2.68. The predicted molar refractivity (Wildman–Crippen MR) is 61.5 cm³/mol. The van der Waals surface area contributed by atoms with Gasteiger partial charge < -0.3 is 13.7 Å². The molecule has 1 fully saturated rings. The summed E-state index contributed by atoms with van der Waals surface area (Å²) in [5.41, 5.74) is 2.16. The van der Waals surface area contributed by atoms with Crippen molar-refractivity contribution in [3.8, 4) is 0 Å². The van der Waals surface area contributed by atoms with Crippen LogP contribution in [0.1, 0.15) is 0 Å². The summed E-state index contributed by atoms with van der Waals surface area (Å²) in [5.74, 6) is 0. The van der Waals surface area contributed by atoms with Gasteiger partial charge in [0.05, 0.1) is 25.0 Å². The van der Waals surface area contributed by atoms with Crippen molar-refractivity contribution in [3.63, 3.8) is 0 Å². The fourth-order valence-corrected chi connectivity index (χ4v) is 2.18. The van der Waals surface area contributed by atoms with Crippen LogP contribution in [-0.4, -0.2) is 42.3 Å². The molecule has 86 valence electrons. The van der Waals surface area contributed by atoms with E-state index in [0.29, 0.717) is 0 Å². The van der Waals surface area contributed by atoms with Crippen molar-refractivity contribution in [2.75, 3.05) is 32.8 Å². The smallest absolute Gasteiger partial charge is 0.151 e. The summed E-state index contributed by atoms with van der Waals surface area (Å²) in [5, 5.41) is 0. The highest BCUT2D eigenvalue weighted by molar-refractivity contribution is 5.73. The number of hydrogen-bond acceptors (Lipinski definition) is 3. The number of fused-ring (bicyclic) bond motifs is 1. The summed E-state index contributed by atoms with van der Waals surface area (Å²) in [6, 6.07) is 4.04. The molecule has 4 nitrogen and oxygen atoms in total. The van der Waals surface area contributed by atoms with E-state index in [1.165, 1.54) is 5.52 Å². The Morgan fingerprint density at radius 3 is 2.88 bits per heavy atom. The first kappa shape index (κ1) is 9.93. The van der Waals surface area contributed by atoms with Crippen LogP contribution in [0.2, 0.25) is 0 Å². The van der Waals surface area contributed by atoms with Crippen molar-refractivity contribution in [2.24, 2.45) is 0 Å². The fraction of sp³-hybridized carbons (Fsp3) is 0.500. The van der Waals surface area contributed by atoms with Gasteiger partial charge in [-0.15, -0.1) is 0 Å². The van der Waals surface area contributed by atoms with Crippen molar-refractivity contribution in [3.05, 3.63) is 24.6 Å². The normalized spacial score (nSPS) is 18.2. The van der Waals surface area contributed by atoms with Gasteiger partial charge in [0.25, 0.3) is 0 Å². The lowest BCUT2D eigenvalue weighted by Gasteiger charge is -2.26. The van der Waals surface area contributed by atoms with Crippen molar-refractivity contribution in [2.45, 2.75) is 6.54 Å². The van der Waals surface area contributed by atoms with E-state index in [2.05, 4.69) is 15.7 Å². The highest BCUT2D eigenvalue weighted by Gasteiger charge is 2.10. The van der Waals surface area contributed by atoms with Gasteiger partial charge in [-0.2, -0.15) is 0 Å². The molecule has 0 bridgehead atoms. The Labute approximate surface area is 94.4 Å². The highest BCUT2D eigenvalue weighted by Crippen LogP contribution is 2.16. The van der Waals surface area contributed by atoms with E-state index >= 15 is 0 Å². The Hall–Kier alpha value is -1.26. The number of nitrogens with zero attached hydrogens (tertiary/aromatic N) is 2. The average Bonchev–Trinajstić information content (AvgIpc) is 2.90. The maximum absolute atomic E-state index is 5.34. The van der Waals surface area contributed by atoms with Crippen LogP contribution in [0.25, 0.3) is 11.1 Å². The molecule has 0 unspecified atom stereocenters. The highest BCUT2D eigenvalue weighted by atomic mass is 16.5. The average molecular weight is 220 g/mol. The van der Waals surface area contributed by atoms with E-state index in [1.54, 1.807) is 6.26 Å². The lowest BCUT2D eigenvalue weighted by atomic mass is 10.4. The van der Waals surface area contributed by atoms with Crippen LogP contribution in [0.4, 0.5) is 0 Å². The largest absolute Gasteiger partial charge is 0.463 e. The van der Waals surface area contributed by atoms with Crippen molar-refractivity contribution in [1.29, 1.82) is 0 Å². The second-order valence-electron chi connectivity index (χ2n) is 4.13. The standard InChI is InChI=1S/C12H16N2O2/c1-3-14(11-2-8-16-12(1)11)5-4-13-6-9-15-10-7-13/h1-3,8H,4-7,9-10H2.